The van der Waals surface area contributed by atoms with E-state index in [9.17, 15) is 0 Å². The van der Waals surface area contributed by atoms with Crippen LogP contribution in [0.1, 0.15) is 16.7 Å². The Bertz CT molecular complexity index is 599. The van der Waals surface area contributed by atoms with Crippen molar-refractivity contribution in [3.8, 4) is 5.75 Å². The highest BCUT2D eigenvalue weighted by Crippen LogP contribution is 2.26. The van der Waals surface area contributed by atoms with Crippen LogP contribution in [-0.4, -0.2) is 7.05 Å². The van der Waals surface area contributed by atoms with Crippen LogP contribution in [0.3, 0.4) is 0 Å². The van der Waals surface area contributed by atoms with E-state index >= 15 is 0 Å². The zero-order chi connectivity index (χ0) is 14.5. The largest absolute Gasteiger partial charge is 0.488 e. The fraction of sp³-hybridized carbons (Fsp3) is 0.250. The van der Waals surface area contributed by atoms with Crippen LogP contribution in [0.5, 0.6) is 5.75 Å². The van der Waals surface area contributed by atoms with Gasteiger partial charge in [-0.25, -0.2) is 0 Å². The maximum atomic E-state index is 6.01. The molecular weight excluding hydrogens is 293 g/mol. The van der Waals surface area contributed by atoms with Crippen LogP contribution in [0.25, 0.3) is 0 Å². The molecule has 2 nitrogen and oxygen atoms in total. The lowest BCUT2D eigenvalue weighted by atomic mass is 10.1. The molecule has 4 heteroatoms. The Balaban J connectivity index is 2.15. The third-order valence-electron chi connectivity index (χ3n) is 3.03. The Kier molecular flexibility index (Phi) is 5.30. The summed E-state index contributed by atoms with van der Waals surface area (Å²) in [4.78, 5) is 0. The molecule has 1 N–H and O–H groups in total. The summed E-state index contributed by atoms with van der Waals surface area (Å²) in [5.74, 6) is 0.924. The lowest BCUT2D eigenvalue weighted by molar-refractivity contribution is 0.300. The first-order valence-electron chi connectivity index (χ1n) is 6.41. The second-order valence-electron chi connectivity index (χ2n) is 4.63. The first-order chi connectivity index (χ1) is 9.61. The molecule has 2 aromatic carbocycles. The van der Waals surface area contributed by atoms with Crippen molar-refractivity contribution in [1.29, 1.82) is 0 Å². The maximum Gasteiger partial charge on any atom is 0.127 e. The van der Waals surface area contributed by atoms with Crippen molar-refractivity contribution in [1.82, 2.24) is 5.32 Å². The second kappa shape index (κ2) is 6.98. The third kappa shape index (κ3) is 3.66. The standard InChI is InChI=1S/C16H17Cl2NO/c1-11-4-3-5-13(9-19-2)16(11)20-10-12-6-7-14(17)15(18)8-12/h3-8,19H,9-10H2,1-2H3. The molecule has 0 heterocycles. The minimum Gasteiger partial charge on any atom is -0.488 e. The molecule has 0 atom stereocenters. The number of hydrogen-bond donors (Lipinski definition) is 1. The molecule has 0 fully saturated rings. The molecular formula is C16H17Cl2NO. The van der Waals surface area contributed by atoms with Gasteiger partial charge in [-0.3, -0.25) is 0 Å². The molecule has 0 aromatic heterocycles. The highest BCUT2D eigenvalue weighted by atomic mass is 35.5. The van der Waals surface area contributed by atoms with E-state index in [1.54, 1.807) is 6.07 Å². The zero-order valence-electron chi connectivity index (χ0n) is 11.5. The van der Waals surface area contributed by atoms with Crippen molar-refractivity contribution in [3.63, 3.8) is 0 Å². The molecule has 0 bridgehead atoms. The van der Waals surface area contributed by atoms with E-state index in [-0.39, 0.29) is 0 Å². The molecule has 2 aromatic rings. The molecule has 0 unspecified atom stereocenters. The first kappa shape index (κ1) is 15.2. The Morgan fingerprint density at radius 1 is 1.10 bits per heavy atom. The molecule has 0 saturated heterocycles. The van der Waals surface area contributed by atoms with Gasteiger partial charge in [0.1, 0.15) is 12.4 Å². The molecule has 20 heavy (non-hydrogen) atoms. The van der Waals surface area contributed by atoms with Gasteiger partial charge >= 0.3 is 0 Å². The fourth-order valence-electron chi connectivity index (χ4n) is 2.03. The lowest BCUT2D eigenvalue weighted by Gasteiger charge is -2.14. The van der Waals surface area contributed by atoms with Crippen molar-refractivity contribution in [3.05, 3.63) is 63.1 Å². The van der Waals surface area contributed by atoms with E-state index in [0.717, 1.165) is 29.0 Å². The van der Waals surface area contributed by atoms with Crippen LogP contribution in [0.15, 0.2) is 36.4 Å². The quantitative estimate of drug-likeness (QED) is 0.871. The summed E-state index contributed by atoms with van der Waals surface area (Å²) in [6, 6.07) is 11.7. The first-order valence-corrected chi connectivity index (χ1v) is 7.17. The van der Waals surface area contributed by atoms with E-state index in [0.29, 0.717) is 16.7 Å². The van der Waals surface area contributed by atoms with Gasteiger partial charge in [-0.05, 0) is 37.2 Å². The number of aryl methyl sites for hydroxylation is 1. The van der Waals surface area contributed by atoms with Crippen LogP contribution >= 0.6 is 23.2 Å². The Morgan fingerprint density at radius 2 is 1.90 bits per heavy atom. The van der Waals surface area contributed by atoms with Crippen LogP contribution in [-0.2, 0) is 13.2 Å². The van der Waals surface area contributed by atoms with E-state index < -0.39 is 0 Å². The van der Waals surface area contributed by atoms with Crippen molar-refractivity contribution in [2.45, 2.75) is 20.1 Å². The summed E-state index contributed by atoms with van der Waals surface area (Å²) in [6.45, 7) is 3.29. The average molecular weight is 310 g/mol. The van der Waals surface area contributed by atoms with E-state index in [2.05, 4.69) is 11.4 Å². The van der Waals surface area contributed by atoms with E-state index in [1.165, 1.54) is 0 Å². The van der Waals surface area contributed by atoms with Crippen molar-refractivity contribution in [2.24, 2.45) is 0 Å². The molecule has 0 saturated carbocycles. The van der Waals surface area contributed by atoms with Crippen molar-refractivity contribution in [2.75, 3.05) is 7.05 Å². The Hall–Kier alpha value is -1.22. The van der Waals surface area contributed by atoms with Gasteiger partial charge in [-0.15, -0.1) is 0 Å². The zero-order valence-corrected chi connectivity index (χ0v) is 13.1. The number of nitrogens with one attached hydrogen (secondary N) is 1. The number of benzene rings is 2. The molecule has 106 valence electrons. The number of para-hydroxylation sites is 1. The topological polar surface area (TPSA) is 21.3 Å². The molecule has 0 aliphatic carbocycles. The highest BCUT2D eigenvalue weighted by molar-refractivity contribution is 6.42. The molecule has 0 amide bonds. The number of ether oxygens (including phenoxy) is 1. The predicted octanol–water partition coefficient (Wildman–Crippen LogP) is 4.60. The molecule has 0 radical (unpaired) electrons. The Morgan fingerprint density at radius 3 is 2.60 bits per heavy atom. The van der Waals surface area contributed by atoms with Gasteiger partial charge in [0.2, 0.25) is 0 Å². The minimum absolute atomic E-state index is 0.471. The summed E-state index contributed by atoms with van der Waals surface area (Å²) in [5.41, 5.74) is 3.27. The smallest absolute Gasteiger partial charge is 0.127 e. The van der Waals surface area contributed by atoms with Crippen LogP contribution in [0.4, 0.5) is 0 Å². The normalized spacial score (nSPS) is 10.6. The molecule has 0 aliphatic rings. The third-order valence-corrected chi connectivity index (χ3v) is 3.77. The molecule has 0 spiro atoms. The summed E-state index contributed by atoms with van der Waals surface area (Å²) >= 11 is 11.9. The van der Waals surface area contributed by atoms with Crippen molar-refractivity contribution < 1.29 is 4.74 Å². The summed E-state index contributed by atoms with van der Waals surface area (Å²) < 4.78 is 5.96. The number of hydrogen-bond acceptors (Lipinski definition) is 2. The van der Waals surface area contributed by atoms with Gasteiger partial charge in [0.15, 0.2) is 0 Å². The molecule has 2 rings (SSSR count). The van der Waals surface area contributed by atoms with Gasteiger partial charge in [-0.1, -0.05) is 47.5 Å². The average Bonchev–Trinajstić information content (AvgIpc) is 2.42. The van der Waals surface area contributed by atoms with Crippen LogP contribution < -0.4 is 10.1 Å². The fourth-order valence-corrected chi connectivity index (χ4v) is 2.36. The van der Waals surface area contributed by atoms with E-state index in [1.807, 2.05) is 38.2 Å². The van der Waals surface area contributed by atoms with Gasteiger partial charge in [-0.2, -0.15) is 0 Å². The summed E-state index contributed by atoms with van der Waals surface area (Å²) in [7, 11) is 1.92. The van der Waals surface area contributed by atoms with E-state index in [4.69, 9.17) is 27.9 Å². The second-order valence-corrected chi connectivity index (χ2v) is 5.45. The van der Waals surface area contributed by atoms with Gasteiger partial charge in [0.05, 0.1) is 10.0 Å². The predicted molar refractivity (Wildman–Crippen MR) is 84.7 cm³/mol. The number of halogens is 2. The number of rotatable bonds is 5. The van der Waals surface area contributed by atoms with Crippen LogP contribution in [0.2, 0.25) is 10.0 Å². The van der Waals surface area contributed by atoms with Gasteiger partial charge in [0, 0.05) is 12.1 Å². The van der Waals surface area contributed by atoms with Crippen molar-refractivity contribution >= 4 is 23.2 Å². The summed E-state index contributed by atoms with van der Waals surface area (Å²) in [5, 5.41) is 4.25. The Labute approximate surface area is 129 Å². The van der Waals surface area contributed by atoms with Gasteiger partial charge in [0.25, 0.3) is 0 Å². The SMILES string of the molecule is CNCc1cccc(C)c1OCc1ccc(Cl)c(Cl)c1. The summed E-state index contributed by atoms with van der Waals surface area (Å²) in [6.07, 6.45) is 0. The van der Waals surface area contributed by atoms with Crippen LogP contribution in [0, 0.1) is 6.92 Å². The minimum atomic E-state index is 0.471. The monoisotopic (exact) mass is 309 g/mol. The molecule has 0 aliphatic heterocycles. The lowest BCUT2D eigenvalue weighted by Crippen LogP contribution is -2.08. The van der Waals surface area contributed by atoms with Gasteiger partial charge < -0.3 is 10.1 Å². The highest BCUT2D eigenvalue weighted by Gasteiger charge is 2.07. The maximum absolute atomic E-state index is 6.01.